The van der Waals surface area contributed by atoms with Gasteiger partial charge in [-0.15, -0.1) is 0 Å². The number of hydrogen-bond acceptors (Lipinski definition) is 4. The van der Waals surface area contributed by atoms with Gasteiger partial charge in [-0.25, -0.2) is 4.98 Å². The molecular weight excluding hydrogens is 204 g/mol. The summed E-state index contributed by atoms with van der Waals surface area (Å²) >= 11 is 5.55. The van der Waals surface area contributed by atoms with Crippen LogP contribution in [0.1, 0.15) is 6.42 Å². The predicted octanol–water partition coefficient (Wildman–Crippen LogP) is 0.197. The van der Waals surface area contributed by atoms with E-state index in [-0.39, 0.29) is 10.6 Å². The Morgan fingerprint density at radius 2 is 2.50 bits per heavy atom. The number of halogens is 1. The average molecular weight is 215 g/mol. The van der Waals surface area contributed by atoms with E-state index < -0.39 is 0 Å². The summed E-state index contributed by atoms with van der Waals surface area (Å²) in [6, 6.07) is 0.333. The van der Waals surface area contributed by atoms with E-state index in [4.69, 9.17) is 11.6 Å². The van der Waals surface area contributed by atoms with Gasteiger partial charge < -0.3 is 10.6 Å². The Hall–Kier alpha value is -1.07. The van der Waals surface area contributed by atoms with Crippen molar-refractivity contribution in [2.75, 3.05) is 18.4 Å². The molecule has 1 fully saturated rings. The Bertz CT molecular complexity index is 372. The van der Waals surface area contributed by atoms with Crippen molar-refractivity contribution in [3.63, 3.8) is 0 Å². The summed E-state index contributed by atoms with van der Waals surface area (Å²) in [7, 11) is 0. The Morgan fingerprint density at radius 3 is 3.14 bits per heavy atom. The van der Waals surface area contributed by atoms with Crippen molar-refractivity contribution >= 4 is 17.5 Å². The molecule has 1 aliphatic heterocycles. The smallest absolute Gasteiger partial charge is 0.271 e. The van der Waals surface area contributed by atoms with Crippen LogP contribution in [0.2, 0.25) is 5.02 Å². The highest BCUT2D eigenvalue weighted by atomic mass is 35.5. The van der Waals surface area contributed by atoms with Gasteiger partial charge in [0.25, 0.3) is 5.56 Å². The summed E-state index contributed by atoms with van der Waals surface area (Å²) in [6.45, 7) is 1.89. The molecule has 2 rings (SSSR count). The Labute approximate surface area is 85.9 Å². The molecule has 0 bridgehead atoms. The first-order valence-electron chi connectivity index (χ1n) is 4.48. The number of anilines is 1. The highest BCUT2D eigenvalue weighted by molar-refractivity contribution is 6.30. The zero-order valence-electron chi connectivity index (χ0n) is 7.51. The summed E-state index contributed by atoms with van der Waals surface area (Å²) in [5, 5.41) is 6.44. The van der Waals surface area contributed by atoms with E-state index in [9.17, 15) is 4.79 Å². The molecular formula is C8H11ClN4O. The van der Waals surface area contributed by atoms with Crippen molar-refractivity contribution in [3.05, 3.63) is 21.6 Å². The molecule has 1 aliphatic rings. The molecule has 5 nitrogen and oxygen atoms in total. The fourth-order valence-electron chi connectivity index (χ4n) is 1.42. The number of hydrogen-bond donors (Lipinski definition) is 3. The first-order valence-corrected chi connectivity index (χ1v) is 4.85. The predicted molar refractivity (Wildman–Crippen MR) is 54.8 cm³/mol. The maximum atomic E-state index is 11.1. The lowest BCUT2D eigenvalue weighted by atomic mass is 10.3. The molecule has 0 aromatic carbocycles. The zero-order chi connectivity index (χ0) is 9.97. The maximum Gasteiger partial charge on any atom is 0.271 e. The Morgan fingerprint density at radius 1 is 1.64 bits per heavy atom. The van der Waals surface area contributed by atoms with Crippen LogP contribution in [-0.2, 0) is 0 Å². The summed E-state index contributed by atoms with van der Waals surface area (Å²) in [4.78, 5) is 17.7. The minimum atomic E-state index is -0.310. The molecule has 0 saturated carbocycles. The van der Waals surface area contributed by atoms with E-state index in [1.807, 2.05) is 0 Å². The van der Waals surface area contributed by atoms with E-state index in [0.717, 1.165) is 19.5 Å². The van der Waals surface area contributed by atoms with Crippen molar-refractivity contribution in [1.29, 1.82) is 0 Å². The van der Waals surface area contributed by atoms with Crippen LogP contribution in [0.4, 0.5) is 5.95 Å². The molecule has 6 heteroatoms. The van der Waals surface area contributed by atoms with Gasteiger partial charge in [0.2, 0.25) is 5.95 Å². The van der Waals surface area contributed by atoms with Gasteiger partial charge in [-0.05, 0) is 13.0 Å². The van der Waals surface area contributed by atoms with Gasteiger partial charge in [0.1, 0.15) is 5.02 Å². The molecule has 0 spiro atoms. The molecule has 0 radical (unpaired) electrons. The van der Waals surface area contributed by atoms with Gasteiger partial charge in [-0.3, -0.25) is 9.78 Å². The molecule has 1 unspecified atom stereocenters. The van der Waals surface area contributed by atoms with Gasteiger partial charge in [-0.2, -0.15) is 0 Å². The van der Waals surface area contributed by atoms with Crippen LogP contribution in [0.15, 0.2) is 11.0 Å². The zero-order valence-corrected chi connectivity index (χ0v) is 8.27. The van der Waals surface area contributed by atoms with Crippen LogP contribution >= 0.6 is 11.6 Å². The quantitative estimate of drug-likeness (QED) is 0.658. The second-order valence-electron chi connectivity index (χ2n) is 3.24. The SMILES string of the molecule is O=c1[nH]c(NC2CCNC2)ncc1Cl. The molecule has 0 amide bonds. The van der Waals surface area contributed by atoms with E-state index in [1.165, 1.54) is 6.20 Å². The summed E-state index contributed by atoms with van der Waals surface area (Å²) in [5.41, 5.74) is -0.310. The van der Waals surface area contributed by atoms with E-state index in [0.29, 0.717) is 12.0 Å². The number of nitrogens with one attached hydrogen (secondary N) is 3. The van der Waals surface area contributed by atoms with E-state index in [1.54, 1.807) is 0 Å². The van der Waals surface area contributed by atoms with Crippen LogP contribution < -0.4 is 16.2 Å². The maximum absolute atomic E-state index is 11.1. The average Bonchev–Trinajstić information content (AvgIpc) is 2.64. The fourth-order valence-corrected chi connectivity index (χ4v) is 1.52. The molecule has 1 atom stereocenters. The van der Waals surface area contributed by atoms with Crippen LogP contribution in [0, 0.1) is 0 Å². The second kappa shape index (κ2) is 3.98. The first-order chi connectivity index (χ1) is 6.75. The third-order valence-electron chi connectivity index (χ3n) is 2.16. The largest absolute Gasteiger partial charge is 0.352 e. The van der Waals surface area contributed by atoms with Crippen LogP contribution in [0.5, 0.6) is 0 Å². The van der Waals surface area contributed by atoms with Crippen LogP contribution in [-0.4, -0.2) is 29.1 Å². The van der Waals surface area contributed by atoms with Crippen molar-refractivity contribution in [3.8, 4) is 0 Å². The molecule has 76 valence electrons. The molecule has 3 N–H and O–H groups in total. The third-order valence-corrected chi connectivity index (χ3v) is 2.43. The summed E-state index contributed by atoms with van der Waals surface area (Å²) < 4.78 is 0. The number of aromatic nitrogens is 2. The van der Waals surface area contributed by atoms with Crippen molar-refractivity contribution in [2.45, 2.75) is 12.5 Å². The highest BCUT2D eigenvalue weighted by Gasteiger charge is 2.14. The van der Waals surface area contributed by atoms with Gasteiger partial charge in [0.15, 0.2) is 0 Å². The Kier molecular flexibility index (Phi) is 2.69. The minimum Gasteiger partial charge on any atom is -0.352 e. The van der Waals surface area contributed by atoms with Crippen LogP contribution in [0.3, 0.4) is 0 Å². The molecule has 2 heterocycles. The number of rotatable bonds is 2. The number of H-pyrrole nitrogens is 1. The standard InChI is InChI=1S/C8H11ClN4O/c9-6-4-11-8(13-7(6)14)12-5-1-2-10-3-5/h4-5,10H,1-3H2,(H2,11,12,13,14). The van der Waals surface area contributed by atoms with Crippen LogP contribution in [0.25, 0.3) is 0 Å². The van der Waals surface area contributed by atoms with Gasteiger partial charge >= 0.3 is 0 Å². The molecule has 1 saturated heterocycles. The summed E-state index contributed by atoms with van der Waals surface area (Å²) in [6.07, 6.45) is 2.39. The molecule has 0 aliphatic carbocycles. The first kappa shape index (κ1) is 9.48. The third kappa shape index (κ3) is 2.05. The van der Waals surface area contributed by atoms with Gasteiger partial charge in [0, 0.05) is 12.6 Å². The summed E-state index contributed by atoms with van der Waals surface area (Å²) in [5.74, 6) is 0.480. The number of nitrogens with zero attached hydrogens (tertiary/aromatic N) is 1. The van der Waals surface area contributed by atoms with Crippen molar-refractivity contribution in [2.24, 2.45) is 0 Å². The lowest BCUT2D eigenvalue weighted by Crippen LogP contribution is -2.25. The van der Waals surface area contributed by atoms with E-state index in [2.05, 4.69) is 20.6 Å². The van der Waals surface area contributed by atoms with Crippen molar-refractivity contribution in [1.82, 2.24) is 15.3 Å². The molecule has 14 heavy (non-hydrogen) atoms. The topological polar surface area (TPSA) is 69.8 Å². The van der Waals surface area contributed by atoms with Crippen molar-refractivity contribution < 1.29 is 0 Å². The second-order valence-corrected chi connectivity index (χ2v) is 3.65. The normalized spacial score (nSPS) is 21.1. The Balaban J connectivity index is 2.09. The van der Waals surface area contributed by atoms with Gasteiger partial charge in [-0.1, -0.05) is 11.6 Å². The monoisotopic (exact) mass is 214 g/mol. The number of aromatic amines is 1. The lowest BCUT2D eigenvalue weighted by Gasteiger charge is -2.10. The van der Waals surface area contributed by atoms with E-state index >= 15 is 0 Å². The molecule has 1 aromatic heterocycles. The van der Waals surface area contributed by atoms with Gasteiger partial charge in [0.05, 0.1) is 6.20 Å². The molecule has 1 aromatic rings. The minimum absolute atomic E-state index is 0.111. The lowest BCUT2D eigenvalue weighted by molar-refractivity contribution is 0.779. The fraction of sp³-hybridized carbons (Fsp3) is 0.500. The highest BCUT2D eigenvalue weighted by Crippen LogP contribution is 2.05.